The highest BCUT2D eigenvalue weighted by Gasteiger charge is 2.06. The molecule has 0 aliphatic rings. The van der Waals surface area contributed by atoms with Crippen LogP contribution in [0.2, 0.25) is 10.0 Å². The Bertz CT molecular complexity index is 733. The summed E-state index contributed by atoms with van der Waals surface area (Å²) < 4.78 is 1.61. The van der Waals surface area contributed by atoms with E-state index < -0.39 is 0 Å². The highest BCUT2D eigenvalue weighted by Crippen LogP contribution is 2.25. The molecule has 7 heteroatoms. The van der Waals surface area contributed by atoms with Crippen molar-refractivity contribution in [1.29, 1.82) is 0 Å². The first-order valence-corrected chi connectivity index (χ1v) is 6.28. The van der Waals surface area contributed by atoms with E-state index in [1.165, 1.54) is 6.33 Å². The van der Waals surface area contributed by atoms with Crippen molar-refractivity contribution in [2.75, 3.05) is 5.32 Å². The Morgan fingerprint density at radius 3 is 2.58 bits per heavy atom. The highest BCUT2D eigenvalue weighted by molar-refractivity contribution is 6.35. The lowest BCUT2D eigenvalue weighted by Crippen LogP contribution is -2.02. The summed E-state index contributed by atoms with van der Waals surface area (Å²) in [5.74, 6) is 1.29. The van der Waals surface area contributed by atoms with Gasteiger partial charge in [0.25, 0.3) is 5.78 Å². The number of benzene rings is 1. The number of hydrogen-bond donors (Lipinski definition) is 1. The van der Waals surface area contributed by atoms with Crippen LogP contribution in [0.3, 0.4) is 0 Å². The number of halogens is 2. The largest absolute Gasteiger partial charge is 0.340 e. The predicted molar refractivity (Wildman–Crippen MR) is 75.3 cm³/mol. The minimum atomic E-state index is 0.538. The van der Waals surface area contributed by atoms with Gasteiger partial charge in [-0.25, -0.2) is 4.98 Å². The summed E-state index contributed by atoms with van der Waals surface area (Å²) in [4.78, 5) is 8.34. The van der Waals surface area contributed by atoms with Gasteiger partial charge in [0, 0.05) is 27.5 Å². The lowest BCUT2D eigenvalue weighted by atomic mass is 10.3. The molecule has 0 bridgehead atoms. The van der Waals surface area contributed by atoms with Crippen LogP contribution >= 0.6 is 23.2 Å². The van der Waals surface area contributed by atoms with E-state index in [9.17, 15) is 0 Å². The van der Waals surface area contributed by atoms with Crippen molar-refractivity contribution in [3.05, 3.63) is 46.3 Å². The molecule has 0 saturated carbocycles. The molecule has 0 spiro atoms. The first kappa shape index (κ1) is 12.2. The zero-order chi connectivity index (χ0) is 13.4. The fraction of sp³-hybridized carbons (Fsp3) is 0.0833. The highest BCUT2D eigenvalue weighted by atomic mass is 35.5. The molecule has 0 radical (unpaired) electrons. The maximum atomic E-state index is 5.97. The summed E-state index contributed by atoms with van der Waals surface area (Å²) in [6, 6.07) is 7.12. The zero-order valence-corrected chi connectivity index (χ0v) is 11.4. The molecule has 0 aliphatic carbocycles. The predicted octanol–water partition coefficient (Wildman–Crippen LogP) is 3.48. The van der Waals surface area contributed by atoms with Gasteiger partial charge in [-0.15, -0.1) is 0 Å². The summed E-state index contributed by atoms with van der Waals surface area (Å²) in [7, 11) is 0. The van der Waals surface area contributed by atoms with Gasteiger partial charge in [0.05, 0.1) is 0 Å². The molecule has 19 heavy (non-hydrogen) atoms. The number of anilines is 2. The summed E-state index contributed by atoms with van der Waals surface area (Å²) in [5.41, 5.74) is 1.62. The third kappa shape index (κ3) is 2.47. The normalized spacial score (nSPS) is 10.9. The Morgan fingerprint density at radius 1 is 1.11 bits per heavy atom. The first-order chi connectivity index (χ1) is 9.11. The molecule has 2 aromatic heterocycles. The van der Waals surface area contributed by atoms with Crippen molar-refractivity contribution >= 4 is 40.5 Å². The smallest absolute Gasteiger partial charge is 0.254 e. The number of aromatic nitrogens is 4. The quantitative estimate of drug-likeness (QED) is 0.786. The number of fused-ring (bicyclic) bond motifs is 1. The van der Waals surface area contributed by atoms with Gasteiger partial charge in [-0.3, -0.25) is 0 Å². The molecule has 1 aromatic carbocycles. The average Bonchev–Trinajstić information content (AvgIpc) is 2.75. The van der Waals surface area contributed by atoms with Crippen molar-refractivity contribution in [3.63, 3.8) is 0 Å². The molecule has 0 fully saturated rings. The maximum Gasteiger partial charge on any atom is 0.254 e. The lowest BCUT2D eigenvalue weighted by Gasteiger charge is -2.09. The third-order valence-corrected chi connectivity index (χ3v) is 2.95. The van der Waals surface area contributed by atoms with Crippen LogP contribution in [0, 0.1) is 6.92 Å². The standard InChI is InChI=1S/C12H9Cl2N5/c1-7-2-11(19-12(17-7)15-6-16-19)18-10-4-8(13)3-9(14)5-10/h2-6,18H,1H3. The molecule has 0 aliphatic heterocycles. The van der Waals surface area contributed by atoms with Gasteiger partial charge in [-0.05, 0) is 25.1 Å². The van der Waals surface area contributed by atoms with Crippen molar-refractivity contribution in [1.82, 2.24) is 19.6 Å². The SMILES string of the molecule is Cc1cc(Nc2cc(Cl)cc(Cl)c2)n2ncnc2n1. The fourth-order valence-electron chi connectivity index (χ4n) is 1.79. The van der Waals surface area contributed by atoms with Crippen LogP contribution in [-0.2, 0) is 0 Å². The molecule has 2 heterocycles. The number of nitrogens with one attached hydrogen (secondary N) is 1. The molecular weight excluding hydrogens is 285 g/mol. The van der Waals surface area contributed by atoms with E-state index in [1.807, 2.05) is 13.0 Å². The van der Waals surface area contributed by atoms with Gasteiger partial charge in [0.2, 0.25) is 0 Å². The Labute approximate surface area is 119 Å². The van der Waals surface area contributed by atoms with E-state index in [0.29, 0.717) is 15.8 Å². The van der Waals surface area contributed by atoms with Gasteiger partial charge in [-0.1, -0.05) is 23.2 Å². The molecule has 3 rings (SSSR count). The van der Waals surface area contributed by atoms with Gasteiger partial charge < -0.3 is 5.32 Å². The second kappa shape index (κ2) is 4.68. The Balaban J connectivity index is 2.07. The summed E-state index contributed by atoms with van der Waals surface area (Å²) in [6.07, 6.45) is 1.46. The Morgan fingerprint density at radius 2 is 1.84 bits per heavy atom. The van der Waals surface area contributed by atoms with Crippen LogP contribution in [0.4, 0.5) is 11.5 Å². The van der Waals surface area contributed by atoms with Crippen LogP contribution in [0.1, 0.15) is 5.69 Å². The summed E-state index contributed by atoms with van der Waals surface area (Å²) >= 11 is 11.9. The number of rotatable bonds is 2. The molecule has 0 unspecified atom stereocenters. The van der Waals surface area contributed by atoms with Crippen molar-refractivity contribution in [2.45, 2.75) is 6.92 Å². The van der Waals surface area contributed by atoms with Gasteiger partial charge >= 0.3 is 0 Å². The second-order valence-electron chi connectivity index (χ2n) is 4.04. The lowest BCUT2D eigenvalue weighted by molar-refractivity contribution is 0.937. The third-order valence-electron chi connectivity index (χ3n) is 2.51. The van der Waals surface area contributed by atoms with Crippen molar-refractivity contribution in [3.8, 4) is 0 Å². The first-order valence-electron chi connectivity index (χ1n) is 5.52. The Kier molecular flexibility index (Phi) is 3.00. The molecule has 0 atom stereocenters. The number of nitrogens with zero attached hydrogens (tertiary/aromatic N) is 4. The minimum Gasteiger partial charge on any atom is -0.340 e. The van der Waals surface area contributed by atoms with E-state index in [0.717, 1.165) is 17.2 Å². The Hall–Kier alpha value is -1.85. The van der Waals surface area contributed by atoms with E-state index in [2.05, 4.69) is 20.4 Å². The average molecular weight is 294 g/mol. The van der Waals surface area contributed by atoms with Gasteiger partial charge in [-0.2, -0.15) is 14.6 Å². The van der Waals surface area contributed by atoms with E-state index in [1.54, 1.807) is 22.7 Å². The molecule has 0 amide bonds. The number of hydrogen-bond acceptors (Lipinski definition) is 4. The summed E-state index contributed by atoms with van der Waals surface area (Å²) in [6.45, 7) is 1.89. The van der Waals surface area contributed by atoms with Crippen LogP contribution in [-0.4, -0.2) is 19.6 Å². The summed E-state index contributed by atoms with van der Waals surface area (Å²) in [5, 5.41) is 8.45. The van der Waals surface area contributed by atoms with Crippen LogP contribution in [0.25, 0.3) is 5.78 Å². The zero-order valence-electron chi connectivity index (χ0n) is 9.93. The minimum absolute atomic E-state index is 0.538. The number of aryl methyl sites for hydroxylation is 1. The van der Waals surface area contributed by atoms with Gasteiger partial charge in [0.1, 0.15) is 12.1 Å². The fourth-order valence-corrected chi connectivity index (χ4v) is 2.32. The van der Waals surface area contributed by atoms with Crippen LogP contribution in [0.5, 0.6) is 0 Å². The maximum absolute atomic E-state index is 5.97. The monoisotopic (exact) mass is 293 g/mol. The van der Waals surface area contributed by atoms with Gasteiger partial charge in [0.15, 0.2) is 0 Å². The van der Waals surface area contributed by atoms with E-state index in [4.69, 9.17) is 23.2 Å². The molecule has 1 N–H and O–H groups in total. The van der Waals surface area contributed by atoms with Crippen molar-refractivity contribution < 1.29 is 0 Å². The van der Waals surface area contributed by atoms with Crippen LogP contribution in [0.15, 0.2) is 30.6 Å². The topological polar surface area (TPSA) is 55.1 Å². The van der Waals surface area contributed by atoms with Crippen molar-refractivity contribution in [2.24, 2.45) is 0 Å². The van der Waals surface area contributed by atoms with E-state index in [-0.39, 0.29) is 0 Å². The second-order valence-corrected chi connectivity index (χ2v) is 4.91. The molecule has 3 aromatic rings. The van der Waals surface area contributed by atoms with Crippen LogP contribution < -0.4 is 5.32 Å². The molecule has 96 valence electrons. The van der Waals surface area contributed by atoms with E-state index >= 15 is 0 Å². The molecule has 0 saturated heterocycles. The molecular formula is C12H9Cl2N5. The molecule has 5 nitrogen and oxygen atoms in total.